The number of carbonyl (C=O) groups is 1. The highest BCUT2D eigenvalue weighted by Crippen LogP contribution is 2.16. The Balaban J connectivity index is -0.0000000548. The number of hydrogen-bond donors (Lipinski definition) is 0. The first-order valence-electron chi connectivity index (χ1n) is 9.00. The fourth-order valence-corrected chi connectivity index (χ4v) is 2.64. The van der Waals surface area contributed by atoms with Crippen molar-refractivity contribution in [3.05, 3.63) is 0 Å². The summed E-state index contributed by atoms with van der Waals surface area (Å²) in [4.78, 5) is 8.89. The zero-order valence-corrected chi connectivity index (χ0v) is 18.2. The van der Waals surface area contributed by atoms with Crippen molar-refractivity contribution in [1.29, 1.82) is 0 Å². The molecule has 0 fully saturated rings. The number of unbranched alkanes of at least 4 members (excludes halogenated alkanes) is 4. The lowest BCUT2D eigenvalue weighted by Gasteiger charge is -2.39. The van der Waals surface area contributed by atoms with E-state index >= 15 is 0 Å². The molecule has 0 amide bonds. The van der Waals surface area contributed by atoms with Crippen molar-refractivity contribution in [1.82, 2.24) is 0 Å². The molecule has 0 aliphatic rings. The van der Waals surface area contributed by atoms with Gasteiger partial charge >= 0.3 is 0 Å². The molecule has 0 rings (SSSR count). The molecule has 0 saturated carbocycles. The van der Waals surface area contributed by atoms with Crippen molar-refractivity contribution < 1.29 is 47.2 Å². The van der Waals surface area contributed by atoms with Crippen LogP contribution in [0.2, 0.25) is 0 Å². The van der Waals surface area contributed by atoms with Crippen LogP contribution >= 0.6 is 0 Å². The van der Waals surface area contributed by atoms with Gasteiger partial charge in [-0.3, -0.25) is 0 Å². The minimum atomic E-state index is -1.08. The van der Waals surface area contributed by atoms with Gasteiger partial charge in [0.25, 0.3) is 0 Å². The Hall–Kier alpha value is -0.810. The van der Waals surface area contributed by atoms with Gasteiger partial charge in [-0.15, -0.1) is 0 Å². The van der Waals surface area contributed by atoms with Crippen molar-refractivity contribution in [3.8, 4) is 0 Å². The van der Waals surface area contributed by atoms with E-state index in [1.54, 1.807) is 0 Å². The molecule has 12 N–H and O–H groups in total. The first-order chi connectivity index (χ1) is 9.97. The molecular weight excluding hydrogens is 358 g/mol. The monoisotopic (exact) mass is 409 g/mol. The third kappa shape index (κ3) is 36.8. The number of carboxylic acid groups (broad SMARTS) is 1. The Labute approximate surface area is 166 Å². The fourth-order valence-electron chi connectivity index (χ4n) is 2.64. The Morgan fingerprint density at radius 1 is 0.593 bits per heavy atom. The molecule has 0 atom stereocenters. The van der Waals surface area contributed by atoms with Gasteiger partial charge in [0.15, 0.2) is 0 Å². The third-order valence-electron chi connectivity index (χ3n) is 3.94. The molecule has 176 valence electrons. The smallest absolute Gasteiger partial charge is 0.0786 e. The molecule has 0 heterocycles. The van der Waals surface area contributed by atoms with E-state index < -0.39 is 5.97 Å². The van der Waals surface area contributed by atoms with Crippen LogP contribution in [0, 0.1) is 0 Å². The number of quaternary nitrogens is 1. The Kier molecular flexibility index (Phi) is 67.3. The highest BCUT2D eigenvalue weighted by atomic mass is 16.4. The van der Waals surface area contributed by atoms with E-state index in [2.05, 4.69) is 27.7 Å². The third-order valence-corrected chi connectivity index (χ3v) is 3.94. The molecule has 0 bridgehead atoms. The molecule has 0 saturated heterocycles. The van der Waals surface area contributed by atoms with E-state index in [0.717, 1.165) is 6.92 Å². The summed E-state index contributed by atoms with van der Waals surface area (Å²) >= 11 is 0. The Bertz CT molecular complexity index is 202. The molecule has 0 aromatic heterocycles. The van der Waals surface area contributed by atoms with E-state index in [0.29, 0.717) is 0 Å². The van der Waals surface area contributed by atoms with E-state index in [1.807, 2.05) is 0 Å². The SMILES string of the molecule is CC(=O)[O-].CCCC[N+](CCCC)(CCCC)CCCC.O.O.O.O.O.O. The highest BCUT2D eigenvalue weighted by molar-refractivity contribution is 5.60. The zero-order chi connectivity index (χ0) is 16.6. The van der Waals surface area contributed by atoms with Crippen LogP contribution in [0.15, 0.2) is 0 Å². The molecule has 27 heavy (non-hydrogen) atoms. The quantitative estimate of drug-likeness (QED) is 0.362. The van der Waals surface area contributed by atoms with Gasteiger partial charge in [-0.1, -0.05) is 53.4 Å². The first kappa shape index (κ1) is 50.2. The lowest BCUT2D eigenvalue weighted by Crippen LogP contribution is -2.50. The van der Waals surface area contributed by atoms with Gasteiger partial charge in [0, 0.05) is 5.97 Å². The number of hydrogen-bond acceptors (Lipinski definition) is 2. The molecule has 0 aromatic carbocycles. The predicted octanol–water partition coefficient (Wildman–Crippen LogP) is -1.19. The Morgan fingerprint density at radius 2 is 0.741 bits per heavy atom. The van der Waals surface area contributed by atoms with Gasteiger partial charge in [-0.05, 0) is 32.6 Å². The van der Waals surface area contributed by atoms with Crippen molar-refractivity contribution in [2.75, 3.05) is 26.2 Å². The van der Waals surface area contributed by atoms with Crippen LogP contribution in [0.3, 0.4) is 0 Å². The van der Waals surface area contributed by atoms with Gasteiger partial charge in [-0.25, -0.2) is 0 Å². The van der Waals surface area contributed by atoms with E-state index in [-0.39, 0.29) is 32.9 Å². The summed E-state index contributed by atoms with van der Waals surface area (Å²) in [7, 11) is 0. The molecule has 9 heteroatoms. The van der Waals surface area contributed by atoms with Crippen LogP contribution in [0.5, 0.6) is 0 Å². The number of nitrogens with zero attached hydrogens (tertiary/aromatic N) is 1. The second kappa shape index (κ2) is 36.2. The average molecular weight is 410 g/mol. The van der Waals surface area contributed by atoms with Gasteiger partial charge in [0.05, 0.1) is 26.2 Å². The van der Waals surface area contributed by atoms with Crippen molar-refractivity contribution >= 4 is 5.97 Å². The molecule has 0 aliphatic heterocycles. The fraction of sp³-hybridized carbons (Fsp3) is 0.944. The minimum Gasteiger partial charge on any atom is -0.550 e. The van der Waals surface area contributed by atoms with E-state index in [9.17, 15) is 0 Å². The van der Waals surface area contributed by atoms with Crippen LogP contribution in [0.1, 0.15) is 86.0 Å². The van der Waals surface area contributed by atoms with Crippen LogP contribution < -0.4 is 5.11 Å². The summed E-state index contributed by atoms with van der Waals surface area (Å²) in [6.07, 6.45) is 11.1. The lowest BCUT2D eigenvalue weighted by molar-refractivity contribution is -0.929. The maximum Gasteiger partial charge on any atom is 0.0786 e. The highest BCUT2D eigenvalue weighted by Gasteiger charge is 2.24. The van der Waals surface area contributed by atoms with Gasteiger partial charge in [0.1, 0.15) is 0 Å². The maximum absolute atomic E-state index is 8.89. The molecule has 0 aromatic rings. The standard InChI is InChI=1S/C16H36N.C2H4O2.6H2O/c1-5-9-13-17(14-10-6-2,15-11-7-3)16-12-8-4;1-2(3)4;;;;;;/h5-16H2,1-4H3;1H3,(H,3,4);6*1H2/q+1;;;;;;;/p-1. The largest absolute Gasteiger partial charge is 0.550 e. The van der Waals surface area contributed by atoms with Crippen LogP contribution in [-0.4, -0.2) is 69.5 Å². The molecule has 9 nitrogen and oxygen atoms in total. The topological polar surface area (TPSA) is 229 Å². The van der Waals surface area contributed by atoms with Crippen LogP contribution in [-0.2, 0) is 4.79 Å². The van der Waals surface area contributed by atoms with Crippen LogP contribution in [0.4, 0.5) is 0 Å². The summed E-state index contributed by atoms with van der Waals surface area (Å²) in [6.45, 7) is 16.0. The summed E-state index contributed by atoms with van der Waals surface area (Å²) in [5.41, 5.74) is 0. The second-order valence-electron chi connectivity index (χ2n) is 6.14. The van der Waals surface area contributed by atoms with E-state index in [4.69, 9.17) is 9.90 Å². The molecule has 0 aliphatic carbocycles. The van der Waals surface area contributed by atoms with Gasteiger partial charge < -0.3 is 47.2 Å². The normalized spacial score (nSPS) is 8.48. The minimum absolute atomic E-state index is 0. The number of carboxylic acids is 1. The molecule has 0 radical (unpaired) electrons. The van der Waals surface area contributed by atoms with E-state index in [1.165, 1.54) is 82.0 Å². The predicted molar refractivity (Wildman–Crippen MR) is 112 cm³/mol. The first-order valence-corrected chi connectivity index (χ1v) is 9.00. The molecule has 0 unspecified atom stereocenters. The van der Waals surface area contributed by atoms with Gasteiger partial charge in [0.2, 0.25) is 0 Å². The zero-order valence-electron chi connectivity index (χ0n) is 18.2. The summed E-state index contributed by atoms with van der Waals surface area (Å²) < 4.78 is 1.42. The van der Waals surface area contributed by atoms with Gasteiger partial charge in [-0.2, -0.15) is 0 Å². The van der Waals surface area contributed by atoms with Crippen LogP contribution in [0.25, 0.3) is 0 Å². The average Bonchev–Trinajstić information content (AvgIpc) is 2.45. The molecular formula is C18H51NO8. The number of carbonyl (C=O) groups excluding carboxylic acids is 1. The lowest BCUT2D eigenvalue weighted by atomic mass is 10.1. The van der Waals surface area contributed by atoms with Crippen molar-refractivity contribution in [2.45, 2.75) is 86.0 Å². The Morgan fingerprint density at radius 3 is 0.852 bits per heavy atom. The maximum atomic E-state index is 8.89. The van der Waals surface area contributed by atoms with Crippen molar-refractivity contribution in [2.24, 2.45) is 0 Å². The summed E-state index contributed by atoms with van der Waals surface area (Å²) in [6, 6.07) is 0. The van der Waals surface area contributed by atoms with Crippen molar-refractivity contribution in [3.63, 3.8) is 0 Å². The summed E-state index contributed by atoms with van der Waals surface area (Å²) in [5, 5.41) is 8.89. The summed E-state index contributed by atoms with van der Waals surface area (Å²) in [5.74, 6) is -1.08. The molecule has 0 spiro atoms. The second-order valence-corrected chi connectivity index (χ2v) is 6.14. The number of aliphatic carboxylic acids is 1. The number of rotatable bonds is 12.